The number of alkyl halides is 1. The largest absolute Gasteiger partial charge is 0.349 e. The van der Waals surface area contributed by atoms with Crippen molar-refractivity contribution in [3.8, 4) is 0 Å². The van der Waals surface area contributed by atoms with E-state index in [1.807, 2.05) is 6.20 Å². The van der Waals surface area contributed by atoms with Gasteiger partial charge in [0.05, 0.1) is 0 Å². The third kappa shape index (κ3) is 2.13. The third-order valence-corrected chi connectivity index (χ3v) is 4.75. The Morgan fingerprint density at radius 2 is 2.38 bits per heavy atom. The average Bonchev–Trinajstić information content (AvgIpc) is 2.92. The number of fused-ring (bicyclic) bond motifs is 2. The Kier molecular flexibility index (Phi) is 2.93. The summed E-state index contributed by atoms with van der Waals surface area (Å²) >= 11 is 6.43. The topological polar surface area (TPSA) is 28.7 Å². The lowest BCUT2D eigenvalue weighted by Gasteiger charge is -2.23. The van der Waals surface area contributed by atoms with E-state index in [4.69, 9.17) is 11.6 Å². The smallest absolute Gasteiger partial charge is 0.107 e. The Labute approximate surface area is 102 Å². The molecule has 16 heavy (non-hydrogen) atoms. The maximum atomic E-state index is 6.43. The van der Waals surface area contributed by atoms with Gasteiger partial charge in [0.25, 0.3) is 0 Å². The van der Waals surface area contributed by atoms with E-state index >= 15 is 0 Å². The summed E-state index contributed by atoms with van der Waals surface area (Å²) in [7, 11) is 0. The molecule has 88 valence electrons. The molecule has 0 aromatic carbocycles. The summed E-state index contributed by atoms with van der Waals surface area (Å²) < 4.78 is 0. The van der Waals surface area contributed by atoms with E-state index in [1.165, 1.54) is 32.1 Å². The standard InChI is InChI=1S/C13H19ClN2/c14-12(8-13-15-3-4-16-13)7-11-6-9-1-2-10(11)5-9/h3-4,9-12H,1-2,5-8H2,(H,15,16). The molecule has 4 atom stereocenters. The Balaban J connectivity index is 1.51. The molecule has 2 aliphatic carbocycles. The van der Waals surface area contributed by atoms with Gasteiger partial charge in [-0.05, 0) is 43.4 Å². The lowest BCUT2D eigenvalue weighted by Crippen LogP contribution is -2.17. The highest BCUT2D eigenvalue weighted by Gasteiger charge is 2.39. The fourth-order valence-electron chi connectivity index (χ4n) is 3.70. The van der Waals surface area contributed by atoms with Gasteiger partial charge in [0.15, 0.2) is 0 Å². The first kappa shape index (κ1) is 10.6. The van der Waals surface area contributed by atoms with Crippen molar-refractivity contribution in [1.82, 2.24) is 9.97 Å². The number of nitrogens with zero attached hydrogens (tertiary/aromatic N) is 1. The highest BCUT2D eigenvalue weighted by molar-refractivity contribution is 6.20. The van der Waals surface area contributed by atoms with Crippen LogP contribution in [0.2, 0.25) is 0 Å². The summed E-state index contributed by atoms with van der Waals surface area (Å²) in [4.78, 5) is 7.37. The van der Waals surface area contributed by atoms with Crippen LogP contribution in [0.15, 0.2) is 12.4 Å². The fourth-order valence-corrected chi connectivity index (χ4v) is 4.07. The molecular weight excluding hydrogens is 220 g/mol. The number of H-pyrrole nitrogens is 1. The third-order valence-electron chi connectivity index (χ3n) is 4.41. The van der Waals surface area contributed by atoms with Gasteiger partial charge in [0, 0.05) is 24.2 Å². The molecule has 0 aliphatic heterocycles. The molecule has 3 rings (SSSR count). The molecule has 0 radical (unpaired) electrons. The van der Waals surface area contributed by atoms with Crippen molar-refractivity contribution in [3.05, 3.63) is 18.2 Å². The van der Waals surface area contributed by atoms with Crippen molar-refractivity contribution < 1.29 is 0 Å². The van der Waals surface area contributed by atoms with E-state index in [-0.39, 0.29) is 5.38 Å². The molecule has 0 saturated heterocycles. The van der Waals surface area contributed by atoms with Gasteiger partial charge in [-0.3, -0.25) is 0 Å². The minimum absolute atomic E-state index is 0.260. The number of nitrogens with one attached hydrogen (secondary N) is 1. The molecule has 2 bridgehead atoms. The zero-order valence-electron chi connectivity index (χ0n) is 9.53. The zero-order chi connectivity index (χ0) is 11.0. The first-order valence-corrected chi connectivity index (χ1v) is 6.87. The summed E-state index contributed by atoms with van der Waals surface area (Å²) in [6.07, 6.45) is 11.6. The number of halogens is 1. The lowest BCUT2D eigenvalue weighted by molar-refractivity contribution is 0.310. The van der Waals surface area contributed by atoms with Gasteiger partial charge < -0.3 is 4.98 Å². The van der Waals surface area contributed by atoms with Crippen LogP contribution in [0.3, 0.4) is 0 Å². The lowest BCUT2D eigenvalue weighted by atomic mass is 9.85. The Bertz CT molecular complexity index is 336. The first-order chi connectivity index (χ1) is 7.81. The average molecular weight is 239 g/mol. The molecule has 2 saturated carbocycles. The van der Waals surface area contributed by atoms with E-state index in [0.29, 0.717) is 0 Å². The van der Waals surface area contributed by atoms with E-state index in [2.05, 4.69) is 9.97 Å². The molecule has 1 aromatic rings. The molecule has 0 amide bonds. The predicted octanol–water partition coefficient (Wildman–Crippen LogP) is 3.39. The predicted molar refractivity (Wildman–Crippen MR) is 65.5 cm³/mol. The Morgan fingerprint density at radius 3 is 3.00 bits per heavy atom. The summed E-state index contributed by atoms with van der Waals surface area (Å²) in [6, 6.07) is 0. The second-order valence-electron chi connectivity index (χ2n) is 5.51. The van der Waals surface area contributed by atoms with Gasteiger partial charge >= 0.3 is 0 Å². The van der Waals surface area contributed by atoms with Crippen LogP contribution < -0.4 is 0 Å². The Hall–Kier alpha value is -0.500. The first-order valence-electron chi connectivity index (χ1n) is 6.43. The molecule has 2 nitrogen and oxygen atoms in total. The van der Waals surface area contributed by atoms with Crippen molar-refractivity contribution in [2.75, 3.05) is 0 Å². The van der Waals surface area contributed by atoms with Gasteiger partial charge in [-0.2, -0.15) is 0 Å². The van der Waals surface area contributed by atoms with Crippen molar-refractivity contribution in [2.24, 2.45) is 17.8 Å². The van der Waals surface area contributed by atoms with Gasteiger partial charge in [-0.1, -0.05) is 6.42 Å². The second-order valence-corrected chi connectivity index (χ2v) is 6.13. The second kappa shape index (κ2) is 4.40. The summed E-state index contributed by atoms with van der Waals surface area (Å²) in [6.45, 7) is 0. The van der Waals surface area contributed by atoms with Crippen LogP contribution >= 0.6 is 11.6 Å². The van der Waals surface area contributed by atoms with E-state index in [1.54, 1.807) is 6.20 Å². The van der Waals surface area contributed by atoms with Crippen LogP contribution in [0, 0.1) is 17.8 Å². The normalized spacial score (nSPS) is 34.4. The number of aromatic nitrogens is 2. The zero-order valence-corrected chi connectivity index (χ0v) is 10.3. The van der Waals surface area contributed by atoms with Crippen LogP contribution in [0.1, 0.15) is 37.9 Å². The number of hydrogen-bond donors (Lipinski definition) is 1. The van der Waals surface area contributed by atoms with Crippen LogP contribution in [-0.4, -0.2) is 15.3 Å². The maximum Gasteiger partial charge on any atom is 0.107 e. The molecule has 0 spiro atoms. The summed E-state index contributed by atoms with van der Waals surface area (Å²) in [5.41, 5.74) is 0. The SMILES string of the molecule is ClC(Cc1ncc[nH]1)CC1CC2CCC1C2. The summed E-state index contributed by atoms with van der Waals surface area (Å²) in [5.74, 6) is 3.95. The quantitative estimate of drug-likeness (QED) is 0.801. The summed E-state index contributed by atoms with van der Waals surface area (Å²) in [5, 5.41) is 0.260. The molecule has 1 aromatic heterocycles. The number of rotatable bonds is 4. The van der Waals surface area contributed by atoms with Crippen molar-refractivity contribution in [3.63, 3.8) is 0 Å². The highest BCUT2D eigenvalue weighted by atomic mass is 35.5. The van der Waals surface area contributed by atoms with Crippen LogP contribution in [0.4, 0.5) is 0 Å². The van der Waals surface area contributed by atoms with E-state index < -0.39 is 0 Å². The van der Waals surface area contributed by atoms with Gasteiger partial charge in [0.2, 0.25) is 0 Å². The Morgan fingerprint density at radius 1 is 1.44 bits per heavy atom. The van der Waals surface area contributed by atoms with Crippen LogP contribution in [0.5, 0.6) is 0 Å². The van der Waals surface area contributed by atoms with E-state index in [9.17, 15) is 0 Å². The number of imidazole rings is 1. The molecule has 2 aliphatic rings. The molecule has 3 heteroatoms. The number of aromatic amines is 1. The minimum atomic E-state index is 0.260. The molecular formula is C13H19ClN2. The maximum absolute atomic E-state index is 6.43. The van der Waals surface area contributed by atoms with Crippen molar-refractivity contribution in [1.29, 1.82) is 0 Å². The van der Waals surface area contributed by atoms with Crippen LogP contribution in [-0.2, 0) is 6.42 Å². The van der Waals surface area contributed by atoms with Gasteiger partial charge in [0.1, 0.15) is 5.82 Å². The van der Waals surface area contributed by atoms with Crippen molar-refractivity contribution >= 4 is 11.6 Å². The highest BCUT2D eigenvalue weighted by Crippen LogP contribution is 2.50. The monoisotopic (exact) mass is 238 g/mol. The van der Waals surface area contributed by atoms with Crippen LogP contribution in [0.25, 0.3) is 0 Å². The molecule has 1 heterocycles. The van der Waals surface area contributed by atoms with Gasteiger partial charge in [-0.25, -0.2) is 4.98 Å². The van der Waals surface area contributed by atoms with Gasteiger partial charge in [-0.15, -0.1) is 11.6 Å². The molecule has 2 fully saturated rings. The fraction of sp³-hybridized carbons (Fsp3) is 0.769. The van der Waals surface area contributed by atoms with E-state index in [0.717, 1.165) is 30.0 Å². The minimum Gasteiger partial charge on any atom is -0.349 e. The van der Waals surface area contributed by atoms with Crippen molar-refractivity contribution in [2.45, 2.75) is 43.9 Å². The number of hydrogen-bond acceptors (Lipinski definition) is 1. The molecule has 4 unspecified atom stereocenters. The molecule has 1 N–H and O–H groups in total.